The van der Waals surface area contributed by atoms with Gasteiger partial charge in [-0.25, -0.2) is 0 Å². The van der Waals surface area contributed by atoms with Crippen molar-refractivity contribution in [2.24, 2.45) is 0 Å². The summed E-state index contributed by atoms with van der Waals surface area (Å²) in [4.78, 5) is 26.4. The smallest absolute Gasteiger partial charge is 0.294 e. The fraction of sp³-hybridized carbons (Fsp3) is 0.0769. The summed E-state index contributed by atoms with van der Waals surface area (Å²) in [6.07, 6.45) is 3.04. The van der Waals surface area contributed by atoms with E-state index in [1.54, 1.807) is 18.3 Å². The van der Waals surface area contributed by atoms with Crippen molar-refractivity contribution >= 4 is 34.6 Å². The van der Waals surface area contributed by atoms with E-state index in [1.165, 1.54) is 25.4 Å². The minimum Gasteiger partial charge on any atom is -0.381 e. The number of nitro groups is 1. The Kier molecular flexibility index (Phi) is 4.34. The first-order valence-electron chi connectivity index (χ1n) is 5.90. The standard InChI is InChI=1S/C13H11ClN4O3/c1-15-12-10(14)5-8(6-11(12)18(20)21)13(19)17-9-3-2-4-16-7-9/h2-7,15H,1H3,(H,17,19). The van der Waals surface area contributed by atoms with Crippen molar-refractivity contribution < 1.29 is 9.72 Å². The summed E-state index contributed by atoms with van der Waals surface area (Å²) in [6.45, 7) is 0. The average molecular weight is 307 g/mol. The summed E-state index contributed by atoms with van der Waals surface area (Å²) in [5.74, 6) is -0.504. The van der Waals surface area contributed by atoms with Crippen molar-refractivity contribution in [1.82, 2.24) is 4.98 Å². The SMILES string of the molecule is CNc1c(Cl)cc(C(=O)Nc2cccnc2)cc1[N+](=O)[O-]. The van der Waals surface area contributed by atoms with Crippen molar-refractivity contribution in [3.05, 3.63) is 57.4 Å². The number of nitrogens with one attached hydrogen (secondary N) is 2. The van der Waals surface area contributed by atoms with E-state index in [1.807, 2.05) is 0 Å². The van der Waals surface area contributed by atoms with Crippen LogP contribution in [0.3, 0.4) is 0 Å². The van der Waals surface area contributed by atoms with Gasteiger partial charge in [0.2, 0.25) is 0 Å². The molecule has 2 aromatic rings. The molecule has 0 bridgehead atoms. The molecule has 2 rings (SSSR count). The first kappa shape index (κ1) is 14.7. The molecule has 0 aliphatic rings. The zero-order valence-electron chi connectivity index (χ0n) is 11.0. The van der Waals surface area contributed by atoms with E-state index >= 15 is 0 Å². The third kappa shape index (κ3) is 3.26. The lowest BCUT2D eigenvalue weighted by Gasteiger charge is -2.08. The number of hydrogen-bond acceptors (Lipinski definition) is 5. The molecule has 2 N–H and O–H groups in total. The van der Waals surface area contributed by atoms with Crippen LogP contribution in [0.5, 0.6) is 0 Å². The maximum Gasteiger partial charge on any atom is 0.294 e. The second-order valence-corrected chi connectivity index (χ2v) is 4.46. The molecule has 0 fully saturated rings. The molecule has 1 amide bonds. The molecule has 0 saturated carbocycles. The van der Waals surface area contributed by atoms with Gasteiger partial charge in [-0.05, 0) is 18.2 Å². The highest BCUT2D eigenvalue weighted by Gasteiger charge is 2.20. The summed E-state index contributed by atoms with van der Waals surface area (Å²) >= 11 is 5.97. The molecular formula is C13H11ClN4O3. The van der Waals surface area contributed by atoms with Gasteiger partial charge in [-0.3, -0.25) is 19.9 Å². The molecule has 0 unspecified atom stereocenters. The first-order chi connectivity index (χ1) is 10.0. The number of anilines is 2. The number of rotatable bonds is 4. The fourth-order valence-corrected chi connectivity index (χ4v) is 2.06. The van der Waals surface area contributed by atoms with Crippen molar-refractivity contribution in [3.63, 3.8) is 0 Å². The Morgan fingerprint density at radius 3 is 2.76 bits per heavy atom. The molecule has 108 valence electrons. The lowest BCUT2D eigenvalue weighted by Crippen LogP contribution is -2.13. The van der Waals surface area contributed by atoms with Gasteiger partial charge < -0.3 is 10.6 Å². The van der Waals surface area contributed by atoms with Gasteiger partial charge in [0.05, 0.1) is 21.8 Å². The minimum absolute atomic E-state index is 0.0922. The topological polar surface area (TPSA) is 97.2 Å². The molecule has 1 aromatic carbocycles. The molecule has 1 heterocycles. The van der Waals surface area contributed by atoms with E-state index in [2.05, 4.69) is 15.6 Å². The predicted octanol–water partition coefficient (Wildman–Crippen LogP) is 2.94. The van der Waals surface area contributed by atoms with E-state index in [0.29, 0.717) is 5.69 Å². The van der Waals surface area contributed by atoms with Crippen LogP contribution in [0, 0.1) is 10.1 Å². The van der Waals surface area contributed by atoms with Gasteiger partial charge in [-0.2, -0.15) is 0 Å². The fourth-order valence-electron chi connectivity index (χ4n) is 1.75. The third-order valence-electron chi connectivity index (χ3n) is 2.70. The lowest BCUT2D eigenvalue weighted by atomic mass is 10.1. The van der Waals surface area contributed by atoms with Gasteiger partial charge in [0.1, 0.15) is 5.69 Å². The van der Waals surface area contributed by atoms with Crippen LogP contribution in [-0.4, -0.2) is 22.9 Å². The number of amides is 1. The van der Waals surface area contributed by atoms with Crippen molar-refractivity contribution in [3.8, 4) is 0 Å². The minimum atomic E-state index is -0.599. The number of halogens is 1. The molecule has 7 nitrogen and oxygen atoms in total. The Morgan fingerprint density at radius 1 is 1.43 bits per heavy atom. The number of nitro benzene ring substituents is 1. The van der Waals surface area contributed by atoms with Crippen LogP contribution in [0.1, 0.15) is 10.4 Å². The molecular weight excluding hydrogens is 296 g/mol. The van der Waals surface area contributed by atoms with Gasteiger partial charge in [0.25, 0.3) is 11.6 Å². The largest absolute Gasteiger partial charge is 0.381 e. The third-order valence-corrected chi connectivity index (χ3v) is 3.00. The Morgan fingerprint density at radius 2 is 2.19 bits per heavy atom. The number of pyridine rings is 1. The molecule has 0 aliphatic heterocycles. The molecule has 0 spiro atoms. The Balaban J connectivity index is 2.36. The molecule has 8 heteroatoms. The van der Waals surface area contributed by atoms with E-state index < -0.39 is 10.8 Å². The van der Waals surface area contributed by atoms with Gasteiger partial charge in [0, 0.05) is 24.9 Å². The zero-order chi connectivity index (χ0) is 15.4. The molecule has 0 saturated heterocycles. The van der Waals surface area contributed by atoms with E-state index in [-0.39, 0.29) is 22.0 Å². The average Bonchev–Trinajstić information content (AvgIpc) is 2.47. The number of nitrogens with zero attached hydrogens (tertiary/aromatic N) is 2. The number of aromatic nitrogens is 1. The molecule has 21 heavy (non-hydrogen) atoms. The number of carbonyl (C=O) groups is 1. The van der Waals surface area contributed by atoms with E-state index in [0.717, 1.165) is 0 Å². The van der Waals surface area contributed by atoms with Crippen LogP contribution in [0.2, 0.25) is 5.02 Å². The van der Waals surface area contributed by atoms with Crippen LogP contribution in [0.25, 0.3) is 0 Å². The predicted molar refractivity (Wildman–Crippen MR) is 79.8 cm³/mol. The Bertz CT molecular complexity index is 691. The zero-order valence-corrected chi connectivity index (χ0v) is 11.7. The maximum absolute atomic E-state index is 12.1. The number of hydrogen-bond donors (Lipinski definition) is 2. The van der Waals surface area contributed by atoms with Crippen LogP contribution >= 0.6 is 11.6 Å². The monoisotopic (exact) mass is 306 g/mol. The number of benzene rings is 1. The summed E-state index contributed by atoms with van der Waals surface area (Å²) in [5, 5.41) is 16.4. The van der Waals surface area contributed by atoms with Crippen molar-refractivity contribution in [1.29, 1.82) is 0 Å². The molecule has 0 atom stereocenters. The van der Waals surface area contributed by atoms with Crippen LogP contribution in [-0.2, 0) is 0 Å². The van der Waals surface area contributed by atoms with E-state index in [9.17, 15) is 14.9 Å². The van der Waals surface area contributed by atoms with Crippen LogP contribution in [0.4, 0.5) is 17.1 Å². The van der Waals surface area contributed by atoms with Crippen LogP contribution in [0.15, 0.2) is 36.7 Å². The van der Waals surface area contributed by atoms with Gasteiger partial charge in [-0.1, -0.05) is 11.6 Å². The highest BCUT2D eigenvalue weighted by molar-refractivity contribution is 6.34. The lowest BCUT2D eigenvalue weighted by molar-refractivity contribution is -0.383. The second-order valence-electron chi connectivity index (χ2n) is 4.06. The van der Waals surface area contributed by atoms with Gasteiger partial charge in [-0.15, -0.1) is 0 Å². The van der Waals surface area contributed by atoms with Gasteiger partial charge >= 0.3 is 0 Å². The van der Waals surface area contributed by atoms with Gasteiger partial charge in [0.15, 0.2) is 0 Å². The first-order valence-corrected chi connectivity index (χ1v) is 6.27. The highest BCUT2D eigenvalue weighted by Crippen LogP contribution is 2.33. The normalized spacial score (nSPS) is 10.0. The second kappa shape index (κ2) is 6.19. The van der Waals surface area contributed by atoms with E-state index in [4.69, 9.17) is 11.6 Å². The quantitative estimate of drug-likeness (QED) is 0.668. The Hall–Kier alpha value is -2.67. The maximum atomic E-state index is 12.1. The molecule has 0 aliphatic carbocycles. The molecule has 0 radical (unpaired) electrons. The van der Waals surface area contributed by atoms with Crippen LogP contribution < -0.4 is 10.6 Å². The summed E-state index contributed by atoms with van der Waals surface area (Å²) < 4.78 is 0. The summed E-state index contributed by atoms with van der Waals surface area (Å²) in [6, 6.07) is 5.85. The molecule has 1 aromatic heterocycles. The summed E-state index contributed by atoms with van der Waals surface area (Å²) in [5.41, 5.74) is 0.481. The summed E-state index contributed by atoms with van der Waals surface area (Å²) in [7, 11) is 1.52. The Labute approximate surface area is 125 Å². The van der Waals surface area contributed by atoms with Crippen molar-refractivity contribution in [2.45, 2.75) is 0 Å². The number of carbonyl (C=O) groups excluding carboxylic acids is 1. The van der Waals surface area contributed by atoms with Crippen molar-refractivity contribution in [2.75, 3.05) is 17.7 Å². The highest BCUT2D eigenvalue weighted by atomic mass is 35.5.